The lowest BCUT2D eigenvalue weighted by Crippen LogP contribution is -2.28. The Morgan fingerprint density at radius 3 is 2.48 bits per heavy atom. The first kappa shape index (κ1) is 23.1. The van der Waals surface area contributed by atoms with Crippen LogP contribution in [0, 0.1) is 13.8 Å². The van der Waals surface area contributed by atoms with E-state index in [2.05, 4.69) is 0 Å². The molecule has 164 valence electrons. The van der Waals surface area contributed by atoms with Gasteiger partial charge in [0.25, 0.3) is 5.91 Å². The number of benzene rings is 1. The van der Waals surface area contributed by atoms with Crippen molar-refractivity contribution in [2.75, 3.05) is 27.4 Å². The molecule has 31 heavy (non-hydrogen) atoms. The van der Waals surface area contributed by atoms with Gasteiger partial charge in [0, 0.05) is 35.8 Å². The third-order valence-corrected chi connectivity index (χ3v) is 5.89. The molecule has 0 unspecified atom stereocenters. The third kappa shape index (κ3) is 4.28. The maximum atomic E-state index is 13.1. The van der Waals surface area contributed by atoms with E-state index in [9.17, 15) is 9.59 Å². The number of aryl methyl sites for hydroxylation is 1. The zero-order chi connectivity index (χ0) is 22.9. The number of carbonyl (C=O) groups is 2. The maximum absolute atomic E-state index is 13.1. The fraction of sp³-hybridized carbons (Fsp3) is 0.304. The van der Waals surface area contributed by atoms with Crippen LogP contribution in [-0.4, -0.2) is 48.7 Å². The Morgan fingerprint density at radius 2 is 1.84 bits per heavy atom. The summed E-state index contributed by atoms with van der Waals surface area (Å²) in [5.41, 5.74) is 4.40. The Bertz CT molecular complexity index is 1120. The van der Waals surface area contributed by atoms with Gasteiger partial charge in [0.1, 0.15) is 0 Å². The number of rotatable bonds is 6. The quantitative estimate of drug-likeness (QED) is 0.460. The molecule has 0 radical (unpaired) electrons. The van der Waals surface area contributed by atoms with Gasteiger partial charge in [-0.15, -0.1) is 0 Å². The third-order valence-electron chi connectivity index (χ3n) is 5.34. The lowest BCUT2D eigenvalue weighted by molar-refractivity contribution is -0.136. The van der Waals surface area contributed by atoms with Crippen LogP contribution in [0.1, 0.15) is 23.9 Å². The van der Waals surface area contributed by atoms with E-state index in [0.29, 0.717) is 28.9 Å². The van der Waals surface area contributed by atoms with Crippen molar-refractivity contribution in [1.82, 2.24) is 9.47 Å². The summed E-state index contributed by atoms with van der Waals surface area (Å²) in [6, 6.07) is 7.20. The first-order valence-electron chi connectivity index (χ1n) is 9.67. The van der Waals surface area contributed by atoms with Crippen LogP contribution in [0.3, 0.4) is 0 Å². The fourth-order valence-electron chi connectivity index (χ4n) is 3.80. The van der Waals surface area contributed by atoms with Crippen molar-refractivity contribution in [3.63, 3.8) is 0 Å². The number of hydrogen-bond donors (Lipinski definition) is 0. The van der Waals surface area contributed by atoms with E-state index >= 15 is 0 Å². The smallest absolute Gasteiger partial charge is 0.340 e. The van der Waals surface area contributed by atoms with Gasteiger partial charge < -0.3 is 18.9 Å². The van der Waals surface area contributed by atoms with Gasteiger partial charge in [-0.1, -0.05) is 23.2 Å². The number of amides is 1. The number of carbonyl (C=O) groups excluding carboxylic acids is 2. The lowest BCUT2D eigenvalue weighted by atomic mass is 10.0. The fourth-order valence-corrected chi connectivity index (χ4v) is 4.17. The molecule has 1 aliphatic rings. The van der Waals surface area contributed by atoms with Crippen molar-refractivity contribution in [2.45, 2.75) is 20.8 Å². The topological polar surface area (TPSA) is 60.8 Å². The van der Waals surface area contributed by atoms with E-state index in [0.717, 1.165) is 22.6 Å². The van der Waals surface area contributed by atoms with Gasteiger partial charge in [-0.3, -0.25) is 4.79 Å². The zero-order valence-electron chi connectivity index (χ0n) is 18.1. The Kier molecular flexibility index (Phi) is 6.94. The standard InChI is InChI=1S/C23H24Cl2N2O4/c1-13-10-16(14(2)27(13)20-12-17(24)6-7-19(20)25)11-18-21(23(29)31-5)15(3)26(22(18)28)8-9-30-4/h6-7,10-12H,8-9H2,1-5H3/b18-11-. The second-order valence-electron chi connectivity index (χ2n) is 7.22. The second-order valence-corrected chi connectivity index (χ2v) is 8.06. The number of allylic oxidation sites excluding steroid dienone is 1. The summed E-state index contributed by atoms with van der Waals surface area (Å²) in [4.78, 5) is 27.2. The summed E-state index contributed by atoms with van der Waals surface area (Å²) in [5, 5.41) is 1.12. The molecule has 0 bridgehead atoms. The molecule has 1 amide bonds. The Hall–Kier alpha value is -2.54. The Balaban J connectivity index is 2.13. The molecule has 3 rings (SSSR count). The number of halogens is 2. The summed E-state index contributed by atoms with van der Waals surface area (Å²) in [6.07, 6.45) is 1.72. The monoisotopic (exact) mass is 462 g/mol. The maximum Gasteiger partial charge on any atom is 0.340 e. The lowest BCUT2D eigenvalue weighted by Gasteiger charge is -2.16. The van der Waals surface area contributed by atoms with E-state index in [1.165, 1.54) is 12.0 Å². The number of nitrogens with zero attached hydrogens (tertiary/aromatic N) is 2. The average Bonchev–Trinajstić information content (AvgIpc) is 3.14. The summed E-state index contributed by atoms with van der Waals surface area (Å²) < 4.78 is 12.0. The number of aromatic nitrogens is 1. The van der Waals surface area contributed by atoms with Gasteiger partial charge >= 0.3 is 5.97 Å². The van der Waals surface area contributed by atoms with Crippen LogP contribution >= 0.6 is 23.2 Å². The number of esters is 1. The number of hydrogen-bond acceptors (Lipinski definition) is 4. The van der Waals surface area contributed by atoms with Crippen LogP contribution in [0.5, 0.6) is 0 Å². The molecule has 1 aliphatic heterocycles. The van der Waals surface area contributed by atoms with Crippen molar-refractivity contribution in [3.05, 3.63) is 68.1 Å². The van der Waals surface area contributed by atoms with Crippen LogP contribution in [0.15, 0.2) is 41.1 Å². The molecule has 1 aromatic carbocycles. The molecular formula is C23H24Cl2N2O4. The van der Waals surface area contributed by atoms with Gasteiger partial charge in [-0.2, -0.15) is 0 Å². The van der Waals surface area contributed by atoms with Crippen LogP contribution in [0.25, 0.3) is 11.8 Å². The molecular weight excluding hydrogens is 439 g/mol. The predicted molar refractivity (Wildman–Crippen MR) is 122 cm³/mol. The first-order chi connectivity index (χ1) is 14.7. The highest BCUT2D eigenvalue weighted by molar-refractivity contribution is 6.34. The second kappa shape index (κ2) is 9.30. The van der Waals surface area contributed by atoms with Gasteiger partial charge in [0.15, 0.2) is 0 Å². The summed E-state index contributed by atoms with van der Waals surface area (Å²) in [6.45, 7) is 6.29. The van der Waals surface area contributed by atoms with Gasteiger partial charge in [-0.25, -0.2) is 4.79 Å². The van der Waals surface area contributed by atoms with Crippen molar-refractivity contribution in [2.24, 2.45) is 0 Å². The molecule has 0 N–H and O–H groups in total. The SMILES string of the molecule is COCCN1C(=O)/C(=C\c2cc(C)n(-c3cc(Cl)ccc3Cl)c2C)C(C(=O)OC)=C1C. The van der Waals surface area contributed by atoms with Crippen LogP contribution in [0.2, 0.25) is 10.0 Å². The molecule has 0 atom stereocenters. The molecule has 0 saturated carbocycles. The van der Waals surface area contributed by atoms with Crippen molar-refractivity contribution in [3.8, 4) is 5.69 Å². The molecule has 1 aromatic heterocycles. The van der Waals surface area contributed by atoms with Gasteiger partial charge in [0.2, 0.25) is 0 Å². The van der Waals surface area contributed by atoms with E-state index in [1.54, 1.807) is 38.3 Å². The normalized spacial score (nSPS) is 15.4. The van der Waals surface area contributed by atoms with Crippen LogP contribution < -0.4 is 0 Å². The zero-order valence-corrected chi connectivity index (χ0v) is 19.6. The van der Waals surface area contributed by atoms with Crippen LogP contribution in [-0.2, 0) is 19.1 Å². The van der Waals surface area contributed by atoms with E-state index in [4.69, 9.17) is 32.7 Å². The van der Waals surface area contributed by atoms with E-state index in [1.807, 2.05) is 24.5 Å². The molecule has 2 heterocycles. The molecule has 0 spiro atoms. The average molecular weight is 463 g/mol. The molecule has 0 aliphatic carbocycles. The Labute approximate surface area is 191 Å². The number of ether oxygens (including phenoxy) is 2. The minimum absolute atomic E-state index is 0.259. The van der Waals surface area contributed by atoms with Crippen molar-refractivity contribution >= 4 is 41.2 Å². The Morgan fingerprint density at radius 1 is 1.13 bits per heavy atom. The molecule has 8 heteroatoms. The molecule has 0 saturated heterocycles. The van der Waals surface area contributed by atoms with E-state index < -0.39 is 5.97 Å². The van der Waals surface area contributed by atoms with Gasteiger partial charge in [-0.05, 0) is 56.7 Å². The minimum Gasteiger partial charge on any atom is -0.465 e. The van der Waals surface area contributed by atoms with Crippen LogP contribution in [0.4, 0.5) is 0 Å². The number of methoxy groups -OCH3 is 2. The van der Waals surface area contributed by atoms with Crippen molar-refractivity contribution < 1.29 is 19.1 Å². The molecule has 2 aromatic rings. The van der Waals surface area contributed by atoms with Crippen molar-refractivity contribution in [1.29, 1.82) is 0 Å². The summed E-state index contributed by atoms with van der Waals surface area (Å²) in [5.74, 6) is -0.816. The molecule has 0 fully saturated rings. The summed E-state index contributed by atoms with van der Waals surface area (Å²) >= 11 is 12.6. The highest BCUT2D eigenvalue weighted by Crippen LogP contribution is 2.34. The van der Waals surface area contributed by atoms with E-state index in [-0.39, 0.29) is 17.1 Å². The highest BCUT2D eigenvalue weighted by atomic mass is 35.5. The summed E-state index contributed by atoms with van der Waals surface area (Å²) in [7, 11) is 2.86. The highest BCUT2D eigenvalue weighted by Gasteiger charge is 2.37. The first-order valence-corrected chi connectivity index (χ1v) is 10.4. The van der Waals surface area contributed by atoms with Gasteiger partial charge in [0.05, 0.1) is 35.6 Å². The largest absolute Gasteiger partial charge is 0.465 e. The predicted octanol–water partition coefficient (Wildman–Crippen LogP) is 4.72. The molecule has 6 nitrogen and oxygen atoms in total. The minimum atomic E-state index is -0.552.